The van der Waals surface area contributed by atoms with Crippen LogP contribution in [-0.4, -0.2) is 47.7 Å². The Morgan fingerprint density at radius 2 is 2.28 bits per heavy atom. The second-order valence-corrected chi connectivity index (χ2v) is 5.06. The molecular formula is C14H22N2O2. The average molecular weight is 250 g/mol. The van der Waals surface area contributed by atoms with Gasteiger partial charge in [-0.05, 0) is 37.7 Å². The maximum atomic E-state index is 12.1. The number of hydrogen-bond acceptors (Lipinski definition) is 2. The predicted octanol–water partition coefficient (Wildman–Crippen LogP) is 1.98. The summed E-state index contributed by atoms with van der Waals surface area (Å²) in [6.07, 6.45) is 10.2. The largest absolute Gasteiger partial charge is 0.396 e. The van der Waals surface area contributed by atoms with Gasteiger partial charge in [-0.25, -0.2) is 4.79 Å². The summed E-state index contributed by atoms with van der Waals surface area (Å²) in [6.45, 7) is 1.90. The molecule has 1 atom stereocenters. The van der Waals surface area contributed by atoms with Gasteiger partial charge >= 0.3 is 6.03 Å². The fraction of sp³-hybridized carbons (Fsp3) is 0.643. The Morgan fingerprint density at radius 3 is 3.06 bits per heavy atom. The quantitative estimate of drug-likeness (QED) is 0.829. The van der Waals surface area contributed by atoms with Gasteiger partial charge in [0.05, 0.1) is 0 Å². The summed E-state index contributed by atoms with van der Waals surface area (Å²) in [4.78, 5) is 15.7. The van der Waals surface area contributed by atoms with Crippen molar-refractivity contribution >= 4 is 6.03 Å². The van der Waals surface area contributed by atoms with Gasteiger partial charge in [0, 0.05) is 32.4 Å². The Labute approximate surface area is 109 Å². The van der Waals surface area contributed by atoms with Gasteiger partial charge in [-0.2, -0.15) is 0 Å². The first-order valence-corrected chi connectivity index (χ1v) is 6.74. The number of hydrogen-bond donors (Lipinski definition) is 1. The highest BCUT2D eigenvalue weighted by Gasteiger charge is 2.25. The molecule has 4 nitrogen and oxygen atoms in total. The van der Waals surface area contributed by atoms with E-state index in [0.717, 1.165) is 44.5 Å². The second-order valence-electron chi connectivity index (χ2n) is 5.06. The van der Waals surface area contributed by atoms with Gasteiger partial charge in [0.1, 0.15) is 0 Å². The van der Waals surface area contributed by atoms with Crippen LogP contribution in [0.15, 0.2) is 23.9 Å². The van der Waals surface area contributed by atoms with Crippen LogP contribution in [0, 0.1) is 5.92 Å². The normalized spacial score (nSPS) is 24.4. The standard InChI is InChI=1S/C14H22N2O2/c1-15-8-4-9-16(14(15)18)13-7-2-5-12(11-13)6-3-10-17/h2,7,11-12,17H,3-6,8-10H2,1H3. The lowest BCUT2D eigenvalue weighted by Crippen LogP contribution is -2.46. The van der Waals surface area contributed by atoms with Gasteiger partial charge in [0.25, 0.3) is 0 Å². The number of aliphatic hydroxyl groups excluding tert-OH is 1. The first-order chi connectivity index (χ1) is 8.72. The highest BCUT2D eigenvalue weighted by atomic mass is 16.3. The molecule has 0 aromatic rings. The average Bonchev–Trinajstić information content (AvgIpc) is 2.40. The van der Waals surface area contributed by atoms with Crippen molar-refractivity contribution in [3.8, 4) is 0 Å². The zero-order chi connectivity index (χ0) is 13.0. The molecule has 1 saturated heterocycles. The molecule has 0 aromatic carbocycles. The topological polar surface area (TPSA) is 43.8 Å². The van der Waals surface area contributed by atoms with Crippen LogP contribution < -0.4 is 0 Å². The summed E-state index contributed by atoms with van der Waals surface area (Å²) in [6, 6.07) is 0.0972. The Balaban J connectivity index is 2.04. The van der Waals surface area contributed by atoms with Crippen molar-refractivity contribution in [2.24, 2.45) is 5.92 Å². The van der Waals surface area contributed by atoms with Gasteiger partial charge in [0.2, 0.25) is 0 Å². The summed E-state index contributed by atoms with van der Waals surface area (Å²) in [5, 5.41) is 8.88. The molecule has 0 radical (unpaired) electrons. The summed E-state index contributed by atoms with van der Waals surface area (Å²) >= 11 is 0. The van der Waals surface area contributed by atoms with E-state index >= 15 is 0 Å². The van der Waals surface area contributed by atoms with Crippen LogP contribution in [0.2, 0.25) is 0 Å². The van der Waals surface area contributed by atoms with E-state index in [-0.39, 0.29) is 12.6 Å². The monoisotopic (exact) mass is 250 g/mol. The number of allylic oxidation sites excluding steroid dienone is 3. The molecule has 0 bridgehead atoms. The van der Waals surface area contributed by atoms with Crippen molar-refractivity contribution in [2.45, 2.75) is 25.7 Å². The van der Waals surface area contributed by atoms with Gasteiger partial charge in [0.15, 0.2) is 0 Å². The minimum Gasteiger partial charge on any atom is -0.396 e. The zero-order valence-corrected chi connectivity index (χ0v) is 11.0. The summed E-state index contributed by atoms with van der Waals surface area (Å²) in [5.74, 6) is 0.456. The maximum Gasteiger partial charge on any atom is 0.324 e. The van der Waals surface area contributed by atoms with E-state index < -0.39 is 0 Å². The number of rotatable bonds is 4. The third kappa shape index (κ3) is 2.93. The van der Waals surface area contributed by atoms with E-state index in [4.69, 9.17) is 5.11 Å². The van der Waals surface area contributed by atoms with Crippen LogP contribution in [-0.2, 0) is 0 Å². The van der Waals surface area contributed by atoms with E-state index in [1.54, 1.807) is 4.90 Å². The molecule has 2 aliphatic rings. The van der Waals surface area contributed by atoms with Crippen molar-refractivity contribution in [1.82, 2.24) is 9.80 Å². The zero-order valence-electron chi connectivity index (χ0n) is 11.0. The first kappa shape index (κ1) is 13.1. The molecule has 1 aliphatic heterocycles. The third-order valence-corrected chi connectivity index (χ3v) is 3.61. The number of amides is 2. The molecule has 2 amide bonds. The lowest BCUT2D eigenvalue weighted by molar-refractivity contribution is 0.157. The fourth-order valence-corrected chi connectivity index (χ4v) is 2.57. The van der Waals surface area contributed by atoms with E-state index in [1.807, 2.05) is 18.0 Å². The molecule has 0 saturated carbocycles. The number of carbonyl (C=O) groups is 1. The van der Waals surface area contributed by atoms with Gasteiger partial charge in [-0.3, -0.25) is 4.90 Å². The maximum absolute atomic E-state index is 12.1. The molecule has 1 fully saturated rings. The van der Waals surface area contributed by atoms with E-state index in [0.29, 0.717) is 5.92 Å². The van der Waals surface area contributed by atoms with E-state index in [2.05, 4.69) is 12.2 Å². The van der Waals surface area contributed by atoms with Crippen LogP contribution >= 0.6 is 0 Å². The Hall–Kier alpha value is -1.29. The summed E-state index contributed by atoms with van der Waals surface area (Å²) in [7, 11) is 1.85. The lowest BCUT2D eigenvalue weighted by atomic mass is 9.94. The molecule has 1 N–H and O–H groups in total. The van der Waals surface area contributed by atoms with E-state index in [9.17, 15) is 4.79 Å². The second kappa shape index (κ2) is 6.05. The Kier molecular flexibility index (Phi) is 4.42. The van der Waals surface area contributed by atoms with Gasteiger partial charge < -0.3 is 10.0 Å². The number of carbonyl (C=O) groups excluding carboxylic acids is 1. The molecule has 4 heteroatoms. The molecular weight excluding hydrogens is 228 g/mol. The van der Waals surface area contributed by atoms with Crippen LogP contribution in [0.4, 0.5) is 4.79 Å². The minimum atomic E-state index is 0.0972. The molecule has 1 unspecified atom stereocenters. The van der Waals surface area contributed by atoms with Crippen molar-refractivity contribution in [1.29, 1.82) is 0 Å². The molecule has 18 heavy (non-hydrogen) atoms. The fourth-order valence-electron chi connectivity index (χ4n) is 2.57. The molecule has 0 spiro atoms. The van der Waals surface area contributed by atoms with Crippen LogP contribution in [0.5, 0.6) is 0 Å². The molecule has 1 aliphatic carbocycles. The number of aliphatic hydroxyl groups is 1. The van der Waals surface area contributed by atoms with Crippen molar-refractivity contribution in [2.75, 3.05) is 26.7 Å². The molecule has 1 heterocycles. The van der Waals surface area contributed by atoms with E-state index in [1.165, 1.54) is 0 Å². The molecule has 2 rings (SSSR count). The van der Waals surface area contributed by atoms with Crippen LogP contribution in [0.1, 0.15) is 25.7 Å². The van der Waals surface area contributed by atoms with Crippen molar-refractivity contribution in [3.63, 3.8) is 0 Å². The highest BCUT2D eigenvalue weighted by molar-refractivity contribution is 5.77. The highest BCUT2D eigenvalue weighted by Crippen LogP contribution is 2.25. The summed E-state index contributed by atoms with van der Waals surface area (Å²) in [5.41, 5.74) is 1.03. The Bertz CT molecular complexity index is 363. The summed E-state index contributed by atoms with van der Waals surface area (Å²) < 4.78 is 0. The SMILES string of the molecule is CN1CCCN(C2=CC(CCCO)CC=C2)C1=O. The van der Waals surface area contributed by atoms with Gasteiger partial charge in [-0.1, -0.05) is 12.2 Å². The number of urea groups is 1. The minimum absolute atomic E-state index is 0.0972. The predicted molar refractivity (Wildman–Crippen MR) is 71.0 cm³/mol. The van der Waals surface area contributed by atoms with Gasteiger partial charge in [-0.15, -0.1) is 0 Å². The Morgan fingerprint density at radius 1 is 1.44 bits per heavy atom. The molecule has 0 aromatic heterocycles. The molecule has 100 valence electrons. The first-order valence-electron chi connectivity index (χ1n) is 6.74. The lowest BCUT2D eigenvalue weighted by Gasteiger charge is -2.35. The number of nitrogens with zero attached hydrogens (tertiary/aromatic N) is 2. The van der Waals surface area contributed by atoms with Crippen LogP contribution in [0.3, 0.4) is 0 Å². The van der Waals surface area contributed by atoms with Crippen molar-refractivity contribution in [3.05, 3.63) is 23.9 Å². The van der Waals surface area contributed by atoms with Crippen molar-refractivity contribution < 1.29 is 9.90 Å². The van der Waals surface area contributed by atoms with Crippen LogP contribution in [0.25, 0.3) is 0 Å². The smallest absolute Gasteiger partial charge is 0.324 e. The third-order valence-electron chi connectivity index (χ3n) is 3.61.